The first-order chi connectivity index (χ1) is 8.30. The molecule has 0 aromatic rings. The van der Waals surface area contributed by atoms with Crippen molar-refractivity contribution in [3.63, 3.8) is 0 Å². The Morgan fingerprint density at radius 3 is 2.67 bits per heavy atom. The minimum Gasteiger partial charge on any atom is -0.167 e. The van der Waals surface area contributed by atoms with E-state index in [0.29, 0.717) is 12.0 Å². The molecule has 0 aromatic carbocycles. The van der Waals surface area contributed by atoms with E-state index in [4.69, 9.17) is 5.10 Å². The Morgan fingerprint density at radius 2 is 2.06 bits per heavy atom. The van der Waals surface area contributed by atoms with Gasteiger partial charge in [0.05, 0.1) is 12.6 Å². The van der Waals surface area contributed by atoms with Crippen LogP contribution in [-0.2, 0) is 0 Å². The van der Waals surface area contributed by atoms with Gasteiger partial charge < -0.3 is 0 Å². The lowest BCUT2D eigenvalue weighted by atomic mass is 9.68. The average Bonchev–Trinajstić information content (AvgIpc) is 2.44. The molecule has 3 atom stereocenters. The maximum Gasteiger partial charge on any atom is 0.160 e. The predicted octanol–water partition coefficient (Wildman–Crippen LogP) is 3.64. The molecule has 3 unspecified atom stereocenters. The summed E-state index contributed by atoms with van der Waals surface area (Å²) in [6.45, 7) is 11.3. The van der Waals surface area contributed by atoms with Crippen LogP contribution in [-0.4, -0.2) is 23.4 Å². The van der Waals surface area contributed by atoms with Gasteiger partial charge in [0.2, 0.25) is 0 Å². The second-order valence-corrected chi connectivity index (χ2v) is 6.57. The minimum atomic E-state index is 0.179. The Bertz CT molecular complexity index is 547. The van der Waals surface area contributed by atoms with E-state index in [1.54, 1.807) is 0 Å². The number of hydrogen-bond acceptors (Lipinski definition) is 1. The molecule has 0 saturated carbocycles. The molecular weight excluding hydrogens is 220 g/mol. The maximum atomic E-state index is 4.89. The SMILES string of the molecule is CC1=N[N+]2(C)C3=C1C=C(C(C)C)C=CC3(C)C2C. The lowest BCUT2D eigenvalue weighted by Crippen LogP contribution is -2.66. The predicted molar refractivity (Wildman–Crippen MR) is 75.9 cm³/mol. The molecule has 0 bridgehead atoms. The summed E-state index contributed by atoms with van der Waals surface area (Å²) in [5, 5.41) is 4.89. The molecule has 0 amide bonds. The van der Waals surface area contributed by atoms with Crippen molar-refractivity contribution in [3.05, 3.63) is 35.1 Å². The van der Waals surface area contributed by atoms with Gasteiger partial charge in [-0.3, -0.25) is 0 Å². The topological polar surface area (TPSA) is 12.4 Å². The number of hydrogen-bond donors (Lipinski definition) is 0. The van der Waals surface area contributed by atoms with E-state index in [2.05, 4.69) is 59.9 Å². The molecule has 2 aliphatic heterocycles. The monoisotopic (exact) mass is 243 g/mol. The minimum absolute atomic E-state index is 0.179. The van der Waals surface area contributed by atoms with Crippen molar-refractivity contribution < 1.29 is 4.59 Å². The third-order valence-corrected chi connectivity index (χ3v) is 5.19. The zero-order valence-corrected chi connectivity index (χ0v) is 12.3. The van der Waals surface area contributed by atoms with Crippen molar-refractivity contribution in [2.45, 2.75) is 40.7 Å². The van der Waals surface area contributed by atoms with Gasteiger partial charge in [-0.1, -0.05) is 31.1 Å². The molecule has 0 aromatic heterocycles. The van der Waals surface area contributed by atoms with Gasteiger partial charge in [0.1, 0.15) is 17.2 Å². The fourth-order valence-electron chi connectivity index (χ4n) is 3.78. The first-order valence-corrected chi connectivity index (χ1v) is 6.90. The van der Waals surface area contributed by atoms with E-state index in [1.165, 1.54) is 22.6 Å². The van der Waals surface area contributed by atoms with Crippen LogP contribution in [0.5, 0.6) is 0 Å². The van der Waals surface area contributed by atoms with Crippen molar-refractivity contribution in [2.24, 2.45) is 16.4 Å². The van der Waals surface area contributed by atoms with Crippen molar-refractivity contribution in [3.8, 4) is 0 Å². The second kappa shape index (κ2) is 3.24. The van der Waals surface area contributed by atoms with Crippen LogP contribution in [0.15, 0.2) is 40.2 Å². The van der Waals surface area contributed by atoms with E-state index in [9.17, 15) is 0 Å². The van der Waals surface area contributed by atoms with Crippen LogP contribution in [0.4, 0.5) is 0 Å². The third-order valence-electron chi connectivity index (χ3n) is 5.19. The lowest BCUT2D eigenvalue weighted by molar-refractivity contribution is -0.951. The summed E-state index contributed by atoms with van der Waals surface area (Å²) >= 11 is 0. The molecule has 0 spiro atoms. The molecule has 2 heterocycles. The summed E-state index contributed by atoms with van der Waals surface area (Å²) in [6.07, 6.45) is 7.09. The number of nitrogens with zero attached hydrogens (tertiary/aromatic N) is 2. The first-order valence-electron chi connectivity index (χ1n) is 6.90. The number of quaternary nitrogens is 1. The number of rotatable bonds is 1. The summed E-state index contributed by atoms with van der Waals surface area (Å²) in [7, 11) is 2.24. The average molecular weight is 243 g/mol. The van der Waals surface area contributed by atoms with Crippen molar-refractivity contribution in [1.82, 2.24) is 0 Å². The molecule has 1 fully saturated rings. The van der Waals surface area contributed by atoms with E-state index < -0.39 is 0 Å². The van der Waals surface area contributed by atoms with Gasteiger partial charge in [-0.25, -0.2) is 0 Å². The highest BCUT2D eigenvalue weighted by Crippen LogP contribution is 2.59. The zero-order valence-electron chi connectivity index (χ0n) is 12.3. The van der Waals surface area contributed by atoms with Crippen molar-refractivity contribution in [1.29, 1.82) is 0 Å². The van der Waals surface area contributed by atoms with Crippen LogP contribution >= 0.6 is 0 Å². The smallest absolute Gasteiger partial charge is 0.160 e. The Labute approximate surface area is 110 Å². The molecule has 3 rings (SSSR count). The Balaban J connectivity index is 2.23. The highest BCUT2D eigenvalue weighted by Gasteiger charge is 2.67. The molecule has 1 aliphatic carbocycles. The fourth-order valence-corrected chi connectivity index (χ4v) is 3.78. The van der Waals surface area contributed by atoms with Gasteiger partial charge in [0.25, 0.3) is 0 Å². The van der Waals surface area contributed by atoms with Gasteiger partial charge in [0, 0.05) is 0 Å². The quantitative estimate of drug-likeness (QED) is 0.624. The van der Waals surface area contributed by atoms with Crippen LogP contribution in [0, 0.1) is 11.3 Å². The normalized spacial score (nSPS) is 41.4. The summed E-state index contributed by atoms with van der Waals surface area (Å²) in [5.74, 6) is 0.568. The molecule has 2 nitrogen and oxygen atoms in total. The zero-order chi connectivity index (χ0) is 13.3. The highest BCUT2D eigenvalue weighted by atomic mass is 15.7. The summed E-state index contributed by atoms with van der Waals surface area (Å²) in [5.41, 5.74) is 5.66. The summed E-state index contributed by atoms with van der Waals surface area (Å²) in [4.78, 5) is 0. The van der Waals surface area contributed by atoms with Crippen LogP contribution in [0.1, 0.15) is 34.6 Å². The molecule has 1 saturated heterocycles. The Kier molecular flexibility index (Phi) is 2.14. The number of allylic oxidation sites excluding steroid dienone is 4. The maximum absolute atomic E-state index is 4.89. The molecule has 2 heteroatoms. The standard InChI is InChI=1S/C16H23N2/c1-10(2)13-7-8-16(5)12(4)18(6)15(16)14(9-13)11(3)17-18/h7-10,12H,1-6H3/q+1. The van der Waals surface area contributed by atoms with E-state index >= 15 is 0 Å². The lowest BCUT2D eigenvalue weighted by Gasteiger charge is -2.54. The summed E-state index contributed by atoms with van der Waals surface area (Å²) in [6, 6.07) is 0.524. The Morgan fingerprint density at radius 1 is 1.39 bits per heavy atom. The van der Waals surface area contributed by atoms with Gasteiger partial charge in [-0.05, 0) is 38.3 Å². The van der Waals surface area contributed by atoms with E-state index in [-0.39, 0.29) is 5.41 Å². The van der Waals surface area contributed by atoms with E-state index in [0.717, 1.165) is 4.59 Å². The van der Waals surface area contributed by atoms with Crippen LogP contribution < -0.4 is 0 Å². The van der Waals surface area contributed by atoms with Crippen molar-refractivity contribution in [2.75, 3.05) is 7.05 Å². The highest BCUT2D eigenvalue weighted by molar-refractivity contribution is 6.03. The van der Waals surface area contributed by atoms with E-state index in [1.807, 2.05) is 0 Å². The van der Waals surface area contributed by atoms with Gasteiger partial charge >= 0.3 is 0 Å². The molecule has 18 heavy (non-hydrogen) atoms. The van der Waals surface area contributed by atoms with Crippen LogP contribution in [0.2, 0.25) is 0 Å². The Hall–Kier alpha value is -1.15. The fraction of sp³-hybridized carbons (Fsp3) is 0.562. The molecule has 0 N–H and O–H groups in total. The van der Waals surface area contributed by atoms with Crippen LogP contribution in [0.3, 0.4) is 0 Å². The molecular formula is C16H23N2+. The first kappa shape index (κ1) is 11.9. The second-order valence-electron chi connectivity index (χ2n) is 6.57. The van der Waals surface area contributed by atoms with Crippen LogP contribution in [0.25, 0.3) is 0 Å². The molecule has 3 aliphatic rings. The van der Waals surface area contributed by atoms with Crippen molar-refractivity contribution >= 4 is 5.71 Å². The van der Waals surface area contributed by atoms with Gasteiger partial charge in [-0.15, -0.1) is 0 Å². The largest absolute Gasteiger partial charge is 0.167 e. The summed E-state index contributed by atoms with van der Waals surface area (Å²) < 4.78 is 0.768. The third kappa shape index (κ3) is 1.15. The molecule has 96 valence electrons. The van der Waals surface area contributed by atoms with Gasteiger partial charge in [-0.2, -0.15) is 4.59 Å². The van der Waals surface area contributed by atoms with Gasteiger partial charge in [0.15, 0.2) is 5.70 Å². The molecule has 0 radical (unpaired) electrons.